The summed E-state index contributed by atoms with van der Waals surface area (Å²) >= 11 is 0. The average Bonchev–Trinajstić information content (AvgIpc) is 2.00. The Kier molecular flexibility index (Phi) is 5.82. The van der Waals surface area contributed by atoms with Crippen LogP contribution in [-0.4, -0.2) is 55.5 Å². The van der Waals surface area contributed by atoms with Crippen molar-refractivity contribution in [1.29, 1.82) is 0 Å². The van der Waals surface area contributed by atoms with Crippen molar-refractivity contribution in [2.45, 2.75) is 26.3 Å². The van der Waals surface area contributed by atoms with Crippen molar-refractivity contribution in [3.05, 3.63) is 0 Å². The second-order valence-corrected chi connectivity index (χ2v) is 5.97. The van der Waals surface area contributed by atoms with Crippen LogP contribution in [0.1, 0.15) is 20.3 Å². The minimum atomic E-state index is -3.28. The van der Waals surface area contributed by atoms with E-state index in [0.717, 1.165) is 6.26 Å². The Hall–Kier alpha value is -0.620. The molecule has 0 radical (unpaired) electrons. The summed E-state index contributed by atoms with van der Waals surface area (Å²) in [5.41, 5.74) is 0. The number of sulfone groups is 1. The van der Waals surface area contributed by atoms with E-state index < -0.39 is 21.5 Å². The molecule has 0 unspecified atom stereocenters. The molecule has 0 aliphatic carbocycles. The Labute approximate surface area is 91.0 Å². The maximum atomic E-state index is 11.6. The molecule has 15 heavy (non-hydrogen) atoms. The van der Waals surface area contributed by atoms with Gasteiger partial charge in [0.15, 0.2) is 9.84 Å². The highest BCUT2D eigenvalue weighted by atomic mass is 32.2. The van der Waals surface area contributed by atoms with Gasteiger partial charge in [0.05, 0.1) is 0 Å². The fourth-order valence-corrected chi connectivity index (χ4v) is 1.83. The first-order valence-electron chi connectivity index (χ1n) is 4.86. The number of rotatable bonds is 6. The molecule has 0 fully saturated rings. The van der Waals surface area contributed by atoms with E-state index in [-0.39, 0.29) is 12.6 Å². The summed E-state index contributed by atoms with van der Waals surface area (Å²) < 4.78 is 21.9. The van der Waals surface area contributed by atoms with E-state index >= 15 is 0 Å². The van der Waals surface area contributed by atoms with E-state index in [4.69, 9.17) is 5.11 Å². The first kappa shape index (κ1) is 14.4. The van der Waals surface area contributed by atoms with Crippen LogP contribution in [0.4, 0.5) is 0 Å². The molecule has 0 spiro atoms. The summed E-state index contributed by atoms with van der Waals surface area (Å²) in [7, 11) is -3.28. The zero-order valence-corrected chi connectivity index (χ0v) is 10.2. The van der Waals surface area contributed by atoms with Crippen molar-refractivity contribution in [3.8, 4) is 0 Å². The Bertz CT molecular complexity index is 297. The molecule has 0 saturated heterocycles. The highest BCUT2D eigenvalue weighted by Crippen LogP contribution is 2.02. The minimum Gasteiger partial charge on any atom is -0.396 e. The minimum absolute atomic E-state index is 0.00459. The molecule has 5 nitrogen and oxygen atoms in total. The number of carbonyl (C=O) groups excluding carboxylic acids is 1. The summed E-state index contributed by atoms with van der Waals surface area (Å²) in [4.78, 5) is 13.0. The fraction of sp³-hybridized carbons (Fsp3) is 0.889. The molecule has 1 amide bonds. The second kappa shape index (κ2) is 6.07. The van der Waals surface area contributed by atoms with Crippen LogP contribution in [0, 0.1) is 0 Å². The summed E-state index contributed by atoms with van der Waals surface area (Å²) in [5, 5.41) is 8.66. The third-order valence-electron chi connectivity index (χ3n) is 1.89. The molecule has 0 aromatic heterocycles. The van der Waals surface area contributed by atoms with Crippen molar-refractivity contribution >= 4 is 15.7 Å². The number of nitrogens with zero attached hydrogens (tertiary/aromatic N) is 1. The summed E-state index contributed by atoms with van der Waals surface area (Å²) in [6, 6.07) is -0.0502. The van der Waals surface area contributed by atoms with Crippen molar-refractivity contribution in [1.82, 2.24) is 4.90 Å². The smallest absolute Gasteiger partial charge is 0.237 e. The van der Waals surface area contributed by atoms with Crippen LogP contribution in [0.25, 0.3) is 0 Å². The summed E-state index contributed by atoms with van der Waals surface area (Å²) in [6.07, 6.45) is 1.50. The largest absolute Gasteiger partial charge is 0.396 e. The van der Waals surface area contributed by atoms with Crippen molar-refractivity contribution in [3.63, 3.8) is 0 Å². The maximum absolute atomic E-state index is 11.6. The number of hydrogen-bond acceptors (Lipinski definition) is 4. The van der Waals surface area contributed by atoms with Crippen LogP contribution in [0.5, 0.6) is 0 Å². The van der Waals surface area contributed by atoms with Gasteiger partial charge in [-0.05, 0) is 20.3 Å². The first-order valence-corrected chi connectivity index (χ1v) is 6.92. The molecule has 1 N–H and O–H groups in total. The quantitative estimate of drug-likeness (QED) is 0.685. The Balaban J connectivity index is 4.43. The molecule has 0 aromatic carbocycles. The number of hydrogen-bond donors (Lipinski definition) is 1. The zero-order chi connectivity index (χ0) is 12.1. The number of aliphatic hydroxyl groups is 1. The van der Waals surface area contributed by atoms with Crippen LogP contribution < -0.4 is 0 Å². The van der Waals surface area contributed by atoms with E-state index in [1.807, 2.05) is 13.8 Å². The highest BCUT2D eigenvalue weighted by molar-refractivity contribution is 7.91. The predicted molar refractivity (Wildman–Crippen MR) is 58.3 cm³/mol. The first-order chi connectivity index (χ1) is 6.78. The van der Waals surface area contributed by atoms with Crippen LogP contribution in [0.2, 0.25) is 0 Å². The monoisotopic (exact) mass is 237 g/mol. The van der Waals surface area contributed by atoms with Gasteiger partial charge < -0.3 is 10.0 Å². The third kappa shape index (κ3) is 6.46. The zero-order valence-electron chi connectivity index (χ0n) is 9.43. The molecule has 6 heteroatoms. The number of amides is 1. The molecule has 0 bridgehead atoms. The molecule has 0 rings (SSSR count). The fourth-order valence-electron chi connectivity index (χ4n) is 1.22. The molecule has 0 aromatic rings. The molecule has 0 aliphatic heterocycles. The van der Waals surface area contributed by atoms with Crippen LogP contribution >= 0.6 is 0 Å². The second-order valence-electron chi connectivity index (χ2n) is 3.83. The summed E-state index contributed by atoms with van der Waals surface area (Å²) in [6.45, 7) is 4.02. The van der Waals surface area contributed by atoms with Gasteiger partial charge in [0.1, 0.15) is 5.75 Å². The summed E-state index contributed by atoms with van der Waals surface area (Å²) in [5.74, 6) is -0.864. The van der Waals surface area contributed by atoms with Crippen LogP contribution in [-0.2, 0) is 14.6 Å². The normalized spacial score (nSPS) is 11.8. The van der Waals surface area contributed by atoms with Gasteiger partial charge >= 0.3 is 0 Å². The van der Waals surface area contributed by atoms with Gasteiger partial charge in [0, 0.05) is 25.4 Å². The van der Waals surface area contributed by atoms with Gasteiger partial charge in [-0.2, -0.15) is 0 Å². The highest BCUT2D eigenvalue weighted by Gasteiger charge is 2.20. The Morgan fingerprint density at radius 3 is 2.27 bits per heavy atom. The van der Waals surface area contributed by atoms with Crippen LogP contribution in [0.15, 0.2) is 0 Å². The lowest BCUT2D eigenvalue weighted by Crippen LogP contribution is -2.41. The molecular formula is C9H19NO4S. The van der Waals surface area contributed by atoms with Crippen molar-refractivity contribution in [2.24, 2.45) is 0 Å². The van der Waals surface area contributed by atoms with E-state index in [1.165, 1.54) is 4.90 Å². The topological polar surface area (TPSA) is 74.7 Å². The predicted octanol–water partition coefficient (Wildman–Crippen LogP) is -0.350. The van der Waals surface area contributed by atoms with E-state index in [1.54, 1.807) is 0 Å². The third-order valence-corrected chi connectivity index (χ3v) is 2.66. The maximum Gasteiger partial charge on any atom is 0.237 e. The van der Waals surface area contributed by atoms with Gasteiger partial charge in [-0.25, -0.2) is 8.42 Å². The van der Waals surface area contributed by atoms with Crippen LogP contribution in [0.3, 0.4) is 0 Å². The molecule has 90 valence electrons. The van der Waals surface area contributed by atoms with Gasteiger partial charge in [-0.1, -0.05) is 0 Å². The number of carbonyl (C=O) groups is 1. The SMILES string of the molecule is CC(C)N(CCCO)C(=O)CS(C)(=O)=O. The molecule has 0 heterocycles. The Morgan fingerprint density at radius 2 is 1.93 bits per heavy atom. The van der Waals surface area contributed by atoms with Gasteiger partial charge in [-0.3, -0.25) is 4.79 Å². The van der Waals surface area contributed by atoms with Gasteiger partial charge in [0.25, 0.3) is 0 Å². The lowest BCUT2D eigenvalue weighted by Gasteiger charge is -2.26. The Morgan fingerprint density at radius 1 is 1.40 bits per heavy atom. The number of aliphatic hydroxyl groups excluding tert-OH is 1. The average molecular weight is 237 g/mol. The molecular weight excluding hydrogens is 218 g/mol. The van der Waals surface area contributed by atoms with Crippen molar-refractivity contribution < 1.29 is 18.3 Å². The van der Waals surface area contributed by atoms with Crippen molar-refractivity contribution in [2.75, 3.05) is 25.2 Å². The van der Waals surface area contributed by atoms with Gasteiger partial charge in [-0.15, -0.1) is 0 Å². The van der Waals surface area contributed by atoms with E-state index in [9.17, 15) is 13.2 Å². The molecule has 0 aliphatic rings. The van der Waals surface area contributed by atoms with E-state index in [0.29, 0.717) is 13.0 Å². The molecule has 0 saturated carbocycles. The van der Waals surface area contributed by atoms with Gasteiger partial charge in [0.2, 0.25) is 5.91 Å². The molecule has 0 atom stereocenters. The lowest BCUT2D eigenvalue weighted by atomic mass is 10.3. The lowest BCUT2D eigenvalue weighted by molar-refractivity contribution is -0.130. The van der Waals surface area contributed by atoms with E-state index in [2.05, 4.69) is 0 Å². The standard InChI is InChI=1S/C9H19NO4S/c1-8(2)10(5-4-6-11)9(12)7-15(3,13)14/h8,11H,4-7H2,1-3H3.